The first-order valence-electron chi connectivity index (χ1n) is 9.37. The Labute approximate surface area is 181 Å². The molecule has 1 aliphatic rings. The molecule has 2 atom stereocenters. The maximum atomic E-state index is 12.7. The van der Waals surface area contributed by atoms with Gasteiger partial charge in [-0.1, -0.05) is 23.7 Å². The number of carbonyl (C=O) groups excluding carboxylic acids is 2. The largest absolute Gasteiger partial charge is 0.346 e. The summed E-state index contributed by atoms with van der Waals surface area (Å²) >= 11 is 7.11. The summed E-state index contributed by atoms with van der Waals surface area (Å²) in [7, 11) is 0. The fourth-order valence-corrected chi connectivity index (χ4v) is 4.31. The minimum absolute atomic E-state index is 0.183. The number of amides is 2. The predicted octanol–water partition coefficient (Wildman–Crippen LogP) is 2.26. The number of thiophene rings is 1. The monoisotopic (exact) mass is 442 g/mol. The highest BCUT2D eigenvalue weighted by atomic mass is 35.5. The normalized spacial score (nSPS) is 18.2. The minimum Gasteiger partial charge on any atom is -0.346 e. The van der Waals surface area contributed by atoms with E-state index in [4.69, 9.17) is 11.6 Å². The highest BCUT2D eigenvalue weighted by Gasteiger charge is 2.30. The number of nitrogens with one attached hydrogen (secondary N) is 4. The summed E-state index contributed by atoms with van der Waals surface area (Å²) in [6.45, 7) is 1.12. The van der Waals surface area contributed by atoms with E-state index >= 15 is 0 Å². The fourth-order valence-electron chi connectivity index (χ4n) is 3.36. The molecular weight excluding hydrogens is 424 g/mol. The van der Waals surface area contributed by atoms with Crippen LogP contribution in [0.2, 0.25) is 4.34 Å². The van der Waals surface area contributed by atoms with Crippen LogP contribution in [0, 0.1) is 0 Å². The molecular formula is C21H19ClN4O3S. The van der Waals surface area contributed by atoms with Crippen LogP contribution in [0.5, 0.6) is 0 Å². The lowest BCUT2D eigenvalue weighted by molar-refractivity contribution is 0.0898. The Morgan fingerprint density at radius 3 is 2.30 bits per heavy atom. The predicted molar refractivity (Wildman–Crippen MR) is 117 cm³/mol. The third kappa shape index (κ3) is 4.46. The van der Waals surface area contributed by atoms with Crippen LogP contribution < -0.4 is 21.5 Å². The van der Waals surface area contributed by atoms with E-state index in [2.05, 4.69) is 20.9 Å². The van der Waals surface area contributed by atoms with Crippen molar-refractivity contribution in [3.8, 4) is 11.1 Å². The smallest absolute Gasteiger partial charge is 0.261 e. The Morgan fingerprint density at radius 1 is 0.967 bits per heavy atom. The number of benzene rings is 1. The summed E-state index contributed by atoms with van der Waals surface area (Å²) in [5.41, 5.74) is 1.57. The Bertz CT molecular complexity index is 1130. The summed E-state index contributed by atoms with van der Waals surface area (Å²) in [5.74, 6) is -0.451. The Kier molecular flexibility index (Phi) is 5.98. The van der Waals surface area contributed by atoms with Crippen molar-refractivity contribution in [2.75, 3.05) is 13.1 Å². The molecule has 0 bridgehead atoms. The average molecular weight is 443 g/mol. The zero-order chi connectivity index (χ0) is 21.1. The van der Waals surface area contributed by atoms with Crippen molar-refractivity contribution in [1.82, 2.24) is 20.9 Å². The molecule has 0 unspecified atom stereocenters. The summed E-state index contributed by atoms with van der Waals surface area (Å²) < 4.78 is 0.551. The molecule has 4 N–H and O–H groups in total. The number of pyridine rings is 1. The van der Waals surface area contributed by atoms with Gasteiger partial charge in [0.15, 0.2) is 0 Å². The number of rotatable bonds is 5. The highest BCUT2D eigenvalue weighted by Crippen LogP contribution is 2.21. The van der Waals surface area contributed by atoms with E-state index in [0.29, 0.717) is 33.4 Å². The molecule has 1 aromatic carbocycles. The van der Waals surface area contributed by atoms with E-state index in [0.717, 1.165) is 5.56 Å². The fraction of sp³-hybridized carbons (Fsp3) is 0.190. The molecule has 3 heterocycles. The molecule has 2 aromatic heterocycles. The molecule has 9 heteroatoms. The Balaban J connectivity index is 1.41. The lowest BCUT2D eigenvalue weighted by Gasteiger charge is -2.21. The molecule has 0 spiro atoms. The maximum absolute atomic E-state index is 12.7. The van der Waals surface area contributed by atoms with E-state index in [-0.39, 0.29) is 29.5 Å². The second-order valence-electron chi connectivity index (χ2n) is 6.91. The molecule has 1 saturated heterocycles. The molecule has 3 aromatic rings. The number of carbonyl (C=O) groups is 2. The quantitative estimate of drug-likeness (QED) is 0.486. The summed E-state index contributed by atoms with van der Waals surface area (Å²) in [4.78, 5) is 40.2. The van der Waals surface area contributed by atoms with Gasteiger partial charge in [0.2, 0.25) is 0 Å². The molecule has 2 amide bonds. The van der Waals surface area contributed by atoms with Gasteiger partial charge >= 0.3 is 0 Å². The summed E-state index contributed by atoms with van der Waals surface area (Å²) in [6.07, 6.45) is 1.57. The van der Waals surface area contributed by atoms with Gasteiger partial charge in [-0.05, 0) is 42.0 Å². The van der Waals surface area contributed by atoms with Crippen molar-refractivity contribution in [3.63, 3.8) is 0 Å². The molecule has 0 aliphatic carbocycles. The van der Waals surface area contributed by atoms with Crippen LogP contribution in [0.4, 0.5) is 0 Å². The zero-order valence-electron chi connectivity index (χ0n) is 15.8. The summed E-state index contributed by atoms with van der Waals surface area (Å²) in [5, 5.41) is 9.11. The van der Waals surface area contributed by atoms with Gasteiger partial charge in [-0.2, -0.15) is 0 Å². The molecule has 1 aliphatic heterocycles. The molecule has 154 valence electrons. The average Bonchev–Trinajstić information content (AvgIpc) is 3.37. The molecule has 0 radical (unpaired) electrons. The van der Waals surface area contributed by atoms with Gasteiger partial charge in [0, 0.05) is 30.4 Å². The van der Waals surface area contributed by atoms with Gasteiger partial charge in [-0.25, -0.2) is 0 Å². The van der Waals surface area contributed by atoms with Gasteiger partial charge in [-0.15, -0.1) is 11.3 Å². The van der Waals surface area contributed by atoms with Gasteiger partial charge in [0.05, 0.1) is 21.3 Å². The van der Waals surface area contributed by atoms with Crippen LogP contribution in [-0.2, 0) is 0 Å². The zero-order valence-corrected chi connectivity index (χ0v) is 17.3. The van der Waals surface area contributed by atoms with Crippen molar-refractivity contribution in [3.05, 3.63) is 79.9 Å². The van der Waals surface area contributed by atoms with Crippen LogP contribution in [0.15, 0.2) is 59.5 Å². The second kappa shape index (κ2) is 8.83. The SMILES string of the molecule is O=C(N[C@H]1CNC[C@H]1NC(=O)c1ccc(Cl)s1)c1ccc(-c2ccc[nH]c2=O)cc1. The Hall–Kier alpha value is -2.94. The lowest BCUT2D eigenvalue weighted by atomic mass is 10.0. The van der Waals surface area contributed by atoms with Gasteiger partial charge in [0.1, 0.15) is 0 Å². The van der Waals surface area contributed by atoms with E-state index in [1.807, 2.05) is 0 Å². The molecule has 30 heavy (non-hydrogen) atoms. The van der Waals surface area contributed by atoms with Crippen molar-refractivity contribution in [2.45, 2.75) is 12.1 Å². The van der Waals surface area contributed by atoms with Crippen LogP contribution in [0.3, 0.4) is 0 Å². The topological polar surface area (TPSA) is 103 Å². The van der Waals surface area contributed by atoms with Crippen molar-refractivity contribution in [1.29, 1.82) is 0 Å². The number of aromatic amines is 1. The van der Waals surface area contributed by atoms with Crippen LogP contribution in [0.1, 0.15) is 20.0 Å². The Morgan fingerprint density at radius 2 is 1.67 bits per heavy atom. The maximum Gasteiger partial charge on any atom is 0.261 e. The van der Waals surface area contributed by atoms with Crippen LogP contribution >= 0.6 is 22.9 Å². The third-order valence-electron chi connectivity index (χ3n) is 4.92. The standard InChI is InChI=1S/C21H19ClN4O3S/c22-18-8-7-17(30-18)21(29)26-16-11-23-10-15(16)25-19(27)13-5-3-12(4-6-13)14-2-1-9-24-20(14)28/h1-9,15-16,23H,10-11H2,(H,24,28)(H,25,27)(H,26,29)/t15-,16+/m0/s1. The minimum atomic E-state index is -0.242. The van der Waals surface area contributed by atoms with E-state index < -0.39 is 0 Å². The van der Waals surface area contributed by atoms with Crippen molar-refractivity contribution < 1.29 is 9.59 Å². The van der Waals surface area contributed by atoms with E-state index in [9.17, 15) is 14.4 Å². The molecule has 0 saturated carbocycles. The first kappa shape index (κ1) is 20.3. The van der Waals surface area contributed by atoms with Crippen LogP contribution in [0.25, 0.3) is 11.1 Å². The lowest BCUT2D eigenvalue weighted by Crippen LogP contribution is -2.50. The van der Waals surface area contributed by atoms with Gasteiger partial charge in [-0.3, -0.25) is 14.4 Å². The van der Waals surface area contributed by atoms with Crippen LogP contribution in [-0.4, -0.2) is 42.0 Å². The second-order valence-corrected chi connectivity index (χ2v) is 8.63. The first-order valence-corrected chi connectivity index (χ1v) is 10.6. The van der Waals surface area contributed by atoms with Crippen molar-refractivity contribution >= 4 is 34.8 Å². The third-order valence-corrected chi connectivity index (χ3v) is 6.15. The first-order chi connectivity index (χ1) is 14.5. The number of halogens is 1. The van der Waals surface area contributed by atoms with Gasteiger partial charge < -0.3 is 20.9 Å². The molecule has 4 rings (SSSR count). The van der Waals surface area contributed by atoms with E-state index in [1.165, 1.54) is 11.3 Å². The number of hydrogen-bond acceptors (Lipinski definition) is 5. The van der Waals surface area contributed by atoms with E-state index in [1.54, 1.807) is 54.7 Å². The number of aromatic nitrogens is 1. The number of hydrogen-bond donors (Lipinski definition) is 4. The number of H-pyrrole nitrogens is 1. The summed E-state index contributed by atoms with van der Waals surface area (Å²) in [6, 6.07) is 13.2. The molecule has 7 nitrogen and oxygen atoms in total. The van der Waals surface area contributed by atoms with Crippen molar-refractivity contribution in [2.24, 2.45) is 0 Å². The highest BCUT2D eigenvalue weighted by molar-refractivity contribution is 7.18. The van der Waals surface area contributed by atoms with Gasteiger partial charge in [0.25, 0.3) is 17.4 Å². The molecule has 1 fully saturated rings.